The lowest BCUT2D eigenvalue weighted by Crippen LogP contribution is -2.27. The van der Waals surface area contributed by atoms with Crippen LogP contribution < -0.4 is 4.72 Å². The number of nitro benzene ring substituents is 1. The van der Waals surface area contributed by atoms with E-state index >= 15 is 0 Å². The van der Waals surface area contributed by atoms with Crippen molar-refractivity contribution in [3.8, 4) is 0 Å². The largest absolute Gasteiger partial charge is 0.336 e. The van der Waals surface area contributed by atoms with Crippen LogP contribution in [0.15, 0.2) is 47.9 Å². The number of nitro groups is 1. The van der Waals surface area contributed by atoms with Gasteiger partial charge in [-0.2, -0.15) is 0 Å². The van der Waals surface area contributed by atoms with Gasteiger partial charge in [-0.15, -0.1) is 0 Å². The summed E-state index contributed by atoms with van der Waals surface area (Å²) in [6, 6.07) is 5.22. The molecule has 0 aliphatic rings. The summed E-state index contributed by atoms with van der Waals surface area (Å²) in [4.78, 5) is 13.6. The van der Waals surface area contributed by atoms with Gasteiger partial charge in [-0.05, 0) is 6.07 Å². The molecule has 0 amide bonds. The van der Waals surface area contributed by atoms with Gasteiger partial charge in [-0.1, -0.05) is 12.1 Å². The Kier molecular flexibility index (Phi) is 4.11. The molecule has 0 bridgehead atoms. The number of aromatic nitrogens is 2. The molecule has 1 aromatic heterocycles. The van der Waals surface area contributed by atoms with Crippen molar-refractivity contribution in [1.29, 1.82) is 0 Å². The average Bonchev–Trinajstić information content (AvgIpc) is 2.91. The van der Waals surface area contributed by atoms with Crippen LogP contribution in [0.2, 0.25) is 0 Å². The first kappa shape index (κ1) is 14.2. The van der Waals surface area contributed by atoms with E-state index in [0.717, 1.165) is 6.07 Å². The number of sulfonamides is 1. The molecule has 0 unspecified atom stereocenters. The molecule has 9 heteroatoms. The number of benzene rings is 1. The first-order valence-electron chi connectivity index (χ1n) is 5.69. The number of para-hydroxylation sites is 1. The van der Waals surface area contributed by atoms with E-state index in [4.69, 9.17) is 0 Å². The number of hydrogen-bond acceptors (Lipinski definition) is 5. The third-order valence-electron chi connectivity index (χ3n) is 2.57. The first-order valence-corrected chi connectivity index (χ1v) is 7.18. The van der Waals surface area contributed by atoms with Crippen LogP contribution in [0.1, 0.15) is 0 Å². The van der Waals surface area contributed by atoms with Crippen LogP contribution in [0.4, 0.5) is 5.69 Å². The molecule has 0 aliphatic heterocycles. The number of nitrogens with one attached hydrogen (secondary N) is 1. The van der Waals surface area contributed by atoms with Gasteiger partial charge in [0.05, 0.1) is 11.3 Å². The van der Waals surface area contributed by atoms with Gasteiger partial charge < -0.3 is 4.57 Å². The van der Waals surface area contributed by atoms with E-state index in [1.807, 2.05) is 0 Å². The second-order valence-corrected chi connectivity index (χ2v) is 5.66. The molecule has 0 radical (unpaired) electrons. The van der Waals surface area contributed by atoms with E-state index < -0.39 is 20.6 Å². The Morgan fingerprint density at radius 3 is 2.75 bits per heavy atom. The molecule has 2 aromatic rings. The fourth-order valence-electron chi connectivity index (χ4n) is 1.64. The molecule has 0 saturated heterocycles. The van der Waals surface area contributed by atoms with Crippen molar-refractivity contribution >= 4 is 15.7 Å². The normalized spacial score (nSPS) is 11.4. The first-order chi connectivity index (χ1) is 9.50. The highest BCUT2D eigenvalue weighted by Gasteiger charge is 2.24. The van der Waals surface area contributed by atoms with Gasteiger partial charge in [0, 0.05) is 31.5 Å². The fourth-order valence-corrected chi connectivity index (χ4v) is 2.83. The topological polar surface area (TPSA) is 107 Å². The Labute approximate surface area is 115 Å². The summed E-state index contributed by atoms with van der Waals surface area (Å²) in [5, 5.41) is 10.8. The van der Waals surface area contributed by atoms with E-state index in [-0.39, 0.29) is 11.4 Å². The van der Waals surface area contributed by atoms with Gasteiger partial charge in [0.1, 0.15) is 0 Å². The van der Waals surface area contributed by atoms with Gasteiger partial charge in [0.25, 0.3) is 5.69 Å². The number of rotatable bonds is 6. The van der Waals surface area contributed by atoms with E-state index in [1.54, 1.807) is 23.3 Å². The number of imidazole rings is 1. The maximum atomic E-state index is 12.0. The van der Waals surface area contributed by atoms with E-state index in [9.17, 15) is 18.5 Å². The summed E-state index contributed by atoms with van der Waals surface area (Å²) in [5.41, 5.74) is -0.442. The molecule has 20 heavy (non-hydrogen) atoms. The zero-order chi connectivity index (χ0) is 14.6. The van der Waals surface area contributed by atoms with Gasteiger partial charge in [-0.25, -0.2) is 18.1 Å². The monoisotopic (exact) mass is 296 g/mol. The quantitative estimate of drug-likeness (QED) is 0.626. The lowest BCUT2D eigenvalue weighted by atomic mass is 10.3. The highest BCUT2D eigenvalue weighted by atomic mass is 32.2. The Hall–Kier alpha value is -2.26. The summed E-state index contributed by atoms with van der Waals surface area (Å²) in [6.45, 7) is 0.505. The molecule has 106 valence electrons. The highest BCUT2D eigenvalue weighted by Crippen LogP contribution is 2.22. The van der Waals surface area contributed by atoms with Crippen molar-refractivity contribution in [3.05, 3.63) is 53.1 Å². The minimum Gasteiger partial charge on any atom is -0.336 e. The zero-order valence-corrected chi connectivity index (χ0v) is 11.2. The minimum atomic E-state index is -3.91. The van der Waals surface area contributed by atoms with E-state index in [1.165, 1.54) is 18.2 Å². The van der Waals surface area contributed by atoms with Crippen LogP contribution in [-0.4, -0.2) is 29.4 Å². The summed E-state index contributed by atoms with van der Waals surface area (Å²) in [6.07, 6.45) is 4.83. The molecule has 0 spiro atoms. The number of nitrogens with zero attached hydrogens (tertiary/aromatic N) is 3. The van der Waals surface area contributed by atoms with Crippen molar-refractivity contribution in [2.75, 3.05) is 6.54 Å². The molecular weight excluding hydrogens is 284 g/mol. The van der Waals surface area contributed by atoms with Crippen molar-refractivity contribution in [2.24, 2.45) is 0 Å². The summed E-state index contributed by atoms with van der Waals surface area (Å²) in [5.74, 6) is 0. The molecule has 1 aromatic carbocycles. The average molecular weight is 296 g/mol. The second-order valence-electron chi connectivity index (χ2n) is 3.92. The van der Waals surface area contributed by atoms with Crippen LogP contribution in [-0.2, 0) is 16.6 Å². The van der Waals surface area contributed by atoms with Crippen LogP contribution in [0.25, 0.3) is 0 Å². The van der Waals surface area contributed by atoms with Gasteiger partial charge in [0.15, 0.2) is 4.90 Å². The van der Waals surface area contributed by atoms with Crippen molar-refractivity contribution in [3.63, 3.8) is 0 Å². The molecule has 1 heterocycles. The Morgan fingerprint density at radius 2 is 2.10 bits per heavy atom. The standard InChI is InChI=1S/C11H12N4O4S/c16-15(17)10-3-1-2-4-11(10)20(18,19)13-6-8-14-7-5-12-9-14/h1-5,7,9,13H,6,8H2. The lowest BCUT2D eigenvalue weighted by Gasteiger charge is -2.07. The highest BCUT2D eigenvalue weighted by molar-refractivity contribution is 7.89. The summed E-state index contributed by atoms with van der Waals surface area (Å²) >= 11 is 0. The van der Waals surface area contributed by atoms with Gasteiger partial charge in [-0.3, -0.25) is 10.1 Å². The van der Waals surface area contributed by atoms with Crippen LogP contribution in [0, 0.1) is 10.1 Å². The Balaban J connectivity index is 2.12. The summed E-state index contributed by atoms with van der Waals surface area (Å²) < 4.78 is 28.1. The predicted octanol–water partition coefficient (Wildman–Crippen LogP) is 0.770. The maximum Gasteiger partial charge on any atom is 0.289 e. The lowest BCUT2D eigenvalue weighted by molar-refractivity contribution is -0.387. The van der Waals surface area contributed by atoms with Gasteiger partial charge >= 0.3 is 0 Å². The molecular formula is C11H12N4O4S. The van der Waals surface area contributed by atoms with Crippen molar-refractivity contribution in [1.82, 2.24) is 14.3 Å². The maximum absolute atomic E-state index is 12.0. The SMILES string of the molecule is O=[N+]([O-])c1ccccc1S(=O)(=O)NCCn1ccnc1. The van der Waals surface area contributed by atoms with Crippen molar-refractivity contribution < 1.29 is 13.3 Å². The Morgan fingerprint density at radius 1 is 1.35 bits per heavy atom. The molecule has 0 atom stereocenters. The van der Waals surface area contributed by atoms with Crippen LogP contribution in [0.3, 0.4) is 0 Å². The van der Waals surface area contributed by atoms with Crippen LogP contribution >= 0.6 is 0 Å². The smallest absolute Gasteiger partial charge is 0.289 e. The van der Waals surface area contributed by atoms with E-state index in [2.05, 4.69) is 9.71 Å². The fraction of sp³-hybridized carbons (Fsp3) is 0.182. The van der Waals surface area contributed by atoms with Crippen LogP contribution in [0.5, 0.6) is 0 Å². The zero-order valence-electron chi connectivity index (χ0n) is 10.3. The molecule has 1 N–H and O–H groups in total. The molecule has 0 aliphatic carbocycles. The van der Waals surface area contributed by atoms with Crippen molar-refractivity contribution in [2.45, 2.75) is 11.4 Å². The molecule has 8 nitrogen and oxygen atoms in total. The van der Waals surface area contributed by atoms with E-state index in [0.29, 0.717) is 6.54 Å². The third kappa shape index (κ3) is 3.19. The second kappa shape index (κ2) is 5.80. The molecule has 0 fully saturated rings. The minimum absolute atomic E-state index is 0.116. The van der Waals surface area contributed by atoms with Gasteiger partial charge in [0.2, 0.25) is 10.0 Å². The summed E-state index contributed by atoms with van der Waals surface area (Å²) in [7, 11) is -3.91. The molecule has 2 rings (SSSR count). The number of hydrogen-bond donors (Lipinski definition) is 1. The third-order valence-corrected chi connectivity index (χ3v) is 4.08. The Bertz CT molecular complexity index is 697. The predicted molar refractivity (Wildman–Crippen MR) is 70.5 cm³/mol. The molecule has 0 saturated carbocycles.